The molecule has 0 spiro atoms. The van der Waals surface area contributed by atoms with Crippen LogP contribution in [0.4, 0.5) is 0 Å². The lowest BCUT2D eigenvalue weighted by molar-refractivity contribution is 0.0992. The van der Waals surface area contributed by atoms with E-state index in [4.69, 9.17) is 9.47 Å². The van der Waals surface area contributed by atoms with Gasteiger partial charge >= 0.3 is 0 Å². The van der Waals surface area contributed by atoms with E-state index in [9.17, 15) is 0 Å². The highest BCUT2D eigenvalue weighted by Crippen LogP contribution is 2.34. The van der Waals surface area contributed by atoms with Gasteiger partial charge in [-0.2, -0.15) is 0 Å². The van der Waals surface area contributed by atoms with Gasteiger partial charge in [0.1, 0.15) is 12.4 Å². The highest BCUT2D eigenvalue weighted by molar-refractivity contribution is 14.0. The van der Waals surface area contributed by atoms with Crippen LogP contribution >= 0.6 is 24.0 Å². The SMILES string of the molecule is CCNC(=NCCOc1cc(C)cc(C)c1)NC1CC2CCC1O2.I. The maximum Gasteiger partial charge on any atom is 0.191 e. The van der Waals surface area contributed by atoms with Crippen LogP contribution in [0.15, 0.2) is 23.2 Å². The van der Waals surface area contributed by atoms with Gasteiger partial charge in [0, 0.05) is 6.54 Å². The lowest BCUT2D eigenvalue weighted by Crippen LogP contribution is -2.47. The molecule has 2 N–H and O–H groups in total. The summed E-state index contributed by atoms with van der Waals surface area (Å²) in [4.78, 5) is 4.63. The van der Waals surface area contributed by atoms with Crippen LogP contribution in [0.1, 0.15) is 37.3 Å². The van der Waals surface area contributed by atoms with E-state index in [2.05, 4.69) is 54.6 Å². The third-order valence-electron chi connectivity index (χ3n) is 4.60. The van der Waals surface area contributed by atoms with Crippen molar-refractivity contribution >= 4 is 29.9 Å². The zero-order chi connectivity index (χ0) is 16.9. The molecule has 5 nitrogen and oxygen atoms in total. The van der Waals surface area contributed by atoms with Crippen molar-refractivity contribution in [1.29, 1.82) is 0 Å². The van der Waals surface area contributed by atoms with E-state index >= 15 is 0 Å². The van der Waals surface area contributed by atoms with E-state index in [1.54, 1.807) is 0 Å². The topological polar surface area (TPSA) is 54.9 Å². The fraction of sp³-hybridized carbons (Fsp3) is 0.632. The Balaban J connectivity index is 0.00000225. The van der Waals surface area contributed by atoms with Crippen LogP contribution in [0.5, 0.6) is 5.75 Å². The normalized spacial score (nSPS) is 24.8. The summed E-state index contributed by atoms with van der Waals surface area (Å²) in [7, 11) is 0. The second-order valence-electron chi connectivity index (χ2n) is 6.79. The average molecular weight is 459 g/mol. The molecule has 0 aromatic heterocycles. The number of ether oxygens (including phenoxy) is 2. The van der Waals surface area contributed by atoms with Crippen LogP contribution in [0.25, 0.3) is 0 Å². The second-order valence-corrected chi connectivity index (χ2v) is 6.79. The summed E-state index contributed by atoms with van der Waals surface area (Å²) in [6.07, 6.45) is 4.26. The Bertz CT molecular complexity index is 574. The number of benzene rings is 1. The first kappa shape index (κ1) is 20.3. The van der Waals surface area contributed by atoms with Crippen LogP contribution in [-0.4, -0.2) is 43.9 Å². The van der Waals surface area contributed by atoms with Crippen molar-refractivity contribution in [3.63, 3.8) is 0 Å². The molecule has 0 amide bonds. The van der Waals surface area contributed by atoms with Crippen LogP contribution < -0.4 is 15.4 Å². The summed E-state index contributed by atoms with van der Waals surface area (Å²) in [5.74, 6) is 1.78. The number of aryl methyl sites for hydroxylation is 2. The maximum atomic E-state index is 5.90. The Morgan fingerprint density at radius 1 is 1.24 bits per heavy atom. The third kappa shape index (κ3) is 5.74. The molecule has 0 saturated carbocycles. The molecule has 0 radical (unpaired) electrons. The number of aliphatic imine (C=N–C) groups is 1. The molecule has 1 aromatic carbocycles. The molecule has 2 aliphatic heterocycles. The Kier molecular flexibility index (Phi) is 7.81. The number of halogens is 1. The Hall–Kier alpha value is -1.02. The predicted octanol–water partition coefficient (Wildman–Crippen LogP) is 3.18. The molecule has 140 valence electrons. The quantitative estimate of drug-likeness (QED) is 0.297. The van der Waals surface area contributed by atoms with E-state index in [1.165, 1.54) is 17.5 Å². The molecule has 3 rings (SSSR count). The lowest BCUT2D eigenvalue weighted by atomic mass is 9.96. The predicted molar refractivity (Wildman–Crippen MR) is 112 cm³/mol. The zero-order valence-electron chi connectivity index (χ0n) is 15.4. The summed E-state index contributed by atoms with van der Waals surface area (Å²) in [5, 5.41) is 6.84. The number of rotatable bonds is 6. The van der Waals surface area contributed by atoms with E-state index in [0.29, 0.717) is 31.4 Å². The fourth-order valence-corrected chi connectivity index (χ4v) is 3.62. The van der Waals surface area contributed by atoms with Crippen molar-refractivity contribution in [3.8, 4) is 5.75 Å². The average Bonchev–Trinajstić information content (AvgIpc) is 3.13. The smallest absolute Gasteiger partial charge is 0.191 e. The van der Waals surface area contributed by atoms with Crippen molar-refractivity contribution in [2.75, 3.05) is 19.7 Å². The summed E-state index contributed by atoms with van der Waals surface area (Å²) < 4.78 is 11.7. The van der Waals surface area contributed by atoms with Gasteiger partial charge in [-0.1, -0.05) is 6.07 Å². The van der Waals surface area contributed by atoms with Gasteiger partial charge in [-0.15, -0.1) is 24.0 Å². The molecule has 1 aromatic rings. The first-order chi connectivity index (χ1) is 11.6. The van der Waals surface area contributed by atoms with Crippen LogP contribution in [-0.2, 0) is 4.74 Å². The molecule has 2 fully saturated rings. The Morgan fingerprint density at radius 3 is 2.60 bits per heavy atom. The minimum absolute atomic E-state index is 0. The van der Waals surface area contributed by atoms with Gasteiger partial charge in [-0.25, -0.2) is 4.99 Å². The van der Waals surface area contributed by atoms with Gasteiger partial charge < -0.3 is 20.1 Å². The number of nitrogens with one attached hydrogen (secondary N) is 2. The van der Waals surface area contributed by atoms with Crippen molar-refractivity contribution < 1.29 is 9.47 Å². The number of hydrogen-bond donors (Lipinski definition) is 2. The van der Waals surface area contributed by atoms with Crippen molar-refractivity contribution in [2.45, 2.75) is 58.3 Å². The monoisotopic (exact) mass is 459 g/mol. The zero-order valence-corrected chi connectivity index (χ0v) is 17.7. The van der Waals surface area contributed by atoms with Crippen LogP contribution in [0.2, 0.25) is 0 Å². The minimum Gasteiger partial charge on any atom is -0.492 e. The summed E-state index contributed by atoms with van der Waals surface area (Å²) in [5.41, 5.74) is 2.44. The molecular weight excluding hydrogens is 429 g/mol. The highest BCUT2D eigenvalue weighted by atomic mass is 127. The first-order valence-corrected chi connectivity index (χ1v) is 9.05. The van der Waals surface area contributed by atoms with Gasteiger partial charge in [0.05, 0.1) is 24.8 Å². The van der Waals surface area contributed by atoms with Gasteiger partial charge in [0.25, 0.3) is 0 Å². The highest BCUT2D eigenvalue weighted by Gasteiger charge is 2.41. The van der Waals surface area contributed by atoms with Gasteiger partial charge in [-0.3, -0.25) is 0 Å². The minimum atomic E-state index is 0. The van der Waals surface area contributed by atoms with E-state index < -0.39 is 0 Å². The van der Waals surface area contributed by atoms with Crippen molar-refractivity contribution in [2.24, 2.45) is 4.99 Å². The first-order valence-electron chi connectivity index (χ1n) is 9.05. The molecule has 2 bridgehead atoms. The summed E-state index contributed by atoms with van der Waals surface area (Å²) in [6.45, 7) is 8.31. The molecule has 25 heavy (non-hydrogen) atoms. The van der Waals surface area contributed by atoms with Crippen molar-refractivity contribution in [1.82, 2.24) is 10.6 Å². The number of hydrogen-bond acceptors (Lipinski definition) is 3. The van der Waals surface area contributed by atoms with Crippen LogP contribution in [0.3, 0.4) is 0 Å². The van der Waals surface area contributed by atoms with Crippen molar-refractivity contribution in [3.05, 3.63) is 29.3 Å². The number of nitrogens with zero attached hydrogens (tertiary/aromatic N) is 1. The van der Waals surface area contributed by atoms with Gasteiger partial charge in [-0.05, 0) is 63.3 Å². The van der Waals surface area contributed by atoms with Gasteiger partial charge in [0.2, 0.25) is 0 Å². The molecule has 6 heteroatoms. The largest absolute Gasteiger partial charge is 0.492 e. The van der Waals surface area contributed by atoms with Crippen LogP contribution in [0, 0.1) is 13.8 Å². The fourth-order valence-electron chi connectivity index (χ4n) is 3.62. The van der Waals surface area contributed by atoms with E-state index in [-0.39, 0.29) is 24.0 Å². The van der Waals surface area contributed by atoms with E-state index in [1.807, 2.05) is 0 Å². The molecule has 0 aliphatic carbocycles. The maximum absolute atomic E-state index is 5.90. The second kappa shape index (κ2) is 9.62. The summed E-state index contributed by atoms with van der Waals surface area (Å²) in [6, 6.07) is 6.66. The Labute approximate surface area is 168 Å². The van der Waals surface area contributed by atoms with E-state index in [0.717, 1.165) is 31.1 Å². The lowest BCUT2D eigenvalue weighted by Gasteiger charge is -2.22. The van der Waals surface area contributed by atoms with Gasteiger partial charge in [0.15, 0.2) is 5.96 Å². The summed E-state index contributed by atoms with van der Waals surface area (Å²) >= 11 is 0. The molecule has 3 atom stereocenters. The third-order valence-corrected chi connectivity index (χ3v) is 4.60. The number of fused-ring (bicyclic) bond motifs is 2. The molecule has 2 aliphatic rings. The molecule has 2 heterocycles. The molecular formula is C19H30IN3O2. The standard InChI is InChI=1S/C19H29N3O2.HI/c1-4-20-19(22-17-12-15-5-6-18(17)24-15)21-7-8-23-16-10-13(2)9-14(3)11-16;/h9-11,15,17-18H,4-8,12H2,1-3H3,(H2,20,21,22);1H. The molecule has 3 unspecified atom stereocenters. The molecule has 2 saturated heterocycles. The number of guanidine groups is 1. The Morgan fingerprint density at radius 2 is 2.00 bits per heavy atom.